The van der Waals surface area contributed by atoms with Crippen molar-refractivity contribution in [2.45, 2.75) is 4.90 Å². The maximum absolute atomic E-state index is 10.9. The molecule has 0 aliphatic heterocycles. The molecule has 0 fully saturated rings. The molecule has 0 heterocycles. The van der Waals surface area contributed by atoms with Crippen LogP contribution in [0, 0.1) is 0 Å². The first-order valence-corrected chi connectivity index (χ1v) is 8.31. The number of anilines is 1. The van der Waals surface area contributed by atoms with Gasteiger partial charge in [0, 0.05) is 5.69 Å². The van der Waals surface area contributed by atoms with Gasteiger partial charge in [0.1, 0.15) is 26.1 Å². The Bertz CT molecular complexity index is 867. The fraction of sp³-hybridized carbons (Fsp3) is 0.0909. The molecule has 2 rings (SSSR count). The molecule has 0 aromatic heterocycles. The summed E-state index contributed by atoms with van der Waals surface area (Å²) < 4.78 is 64.2. The smallest absolute Gasteiger partial charge is 0.747 e. The van der Waals surface area contributed by atoms with Gasteiger partial charge in [0.25, 0.3) is 0 Å². The van der Waals surface area contributed by atoms with Gasteiger partial charge in [-0.05, 0) is 35.0 Å². The first-order valence-electron chi connectivity index (χ1n) is 5.32. The fourth-order valence-corrected chi connectivity index (χ4v) is 2.51. The Morgan fingerprint density at radius 3 is 1.95 bits per heavy atom. The van der Waals surface area contributed by atoms with Crippen molar-refractivity contribution in [3.05, 3.63) is 36.4 Å². The van der Waals surface area contributed by atoms with Crippen molar-refractivity contribution in [3.63, 3.8) is 0 Å². The van der Waals surface area contributed by atoms with Crippen LogP contribution in [0.1, 0.15) is 0 Å². The molecule has 0 saturated heterocycles. The second kappa shape index (κ2) is 8.43. The summed E-state index contributed by atoms with van der Waals surface area (Å²) in [7, 11) is -8.90. The standard InChI is InChI=1S/C11H11NO6S2.2Na/c13-19(14,15)7-12-10-3-1-9-6-11(20(16,17)18)4-2-8(9)5-10;;/h1-6,12H,7H2,(H,13,14,15)(H,16,17,18);;/q;2*+1/p-2. The van der Waals surface area contributed by atoms with E-state index in [1.54, 1.807) is 6.07 Å². The third-order valence-corrected chi connectivity index (χ3v) is 3.88. The summed E-state index contributed by atoms with van der Waals surface area (Å²) in [5.41, 5.74) is 0.398. The molecule has 0 atom stereocenters. The molecule has 0 unspecified atom stereocenters. The maximum Gasteiger partial charge on any atom is 1.00 e. The Labute approximate surface area is 172 Å². The molecule has 0 radical (unpaired) electrons. The third-order valence-electron chi connectivity index (χ3n) is 2.55. The van der Waals surface area contributed by atoms with Gasteiger partial charge >= 0.3 is 59.1 Å². The Morgan fingerprint density at radius 2 is 1.41 bits per heavy atom. The van der Waals surface area contributed by atoms with E-state index in [4.69, 9.17) is 0 Å². The quantitative estimate of drug-likeness (QED) is 0.426. The van der Waals surface area contributed by atoms with Crippen LogP contribution in [-0.4, -0.2) is 31.8 Å². The van der Waals surface area contributed by atoms with E-state index in [9.17, 15) is 25.9 Å². The second-order valence-electron chi connectivity index (χ2n) is 4.06. The van der Waals surface area contributed by atoms with Crippen molar-refractivity contribution in [1.82, 2.24) is 0 Å². The van der Waals surface area contributed by atoms with Crippen LogP contribution in [0.25, 0.3) is 10.8 Å². The first kappa shape index (κ1) is 22.3. The summed E-state index contributed by atoms with van der Waals surface area (Å²) >= 11 is 0. The zero-order chi connectivity index (χ0) is 15.0. The summed E-state index contributed by atoms with van der Waals surface area (Å²) in [6.45, 7) is 0. The average molecular weight is 361 g/mol. The van der Waals surface area contributed by atoms with Crippen LogP contribution >= 0.6 is 0 Å². The minimum atomic E-state index is -4.52. The van der Waals surface area contributed by atoms with Crippen molar-refractivity contribution in [3.8, 4) is 0 Å². The summed E-state index contributed by atoms with van der Waals surface area (Å²) in [6.07, 6.45) is 0. The molecule has 2 aromatic rings. The predicted molar refractivity (Wildman–Crippen MR) is 70.1 cm³/mol. The van der Waals surface area contributed by atoms with Gasteiger partial charge in [0.2, 0.25) is 0 Å². The van der Waals surface area contributed by atoms with Gasteiger partial charge in [0.15, 0.2) is 0 Å². The SMILES string of the molecule is O=S(=O)([O-])CNc1ccc2cc(S(=O)(=O)[O-])ccc2c1.[Na+].[Na+]. The predicted octanol–water partition coefficient (Wildman–Crippen LogP) is -5.33. The molecule has 0 saturated carbocycles. The van der Waals surface area contributed by atoms with Crippen LogP contribution in [0.15, 0.2) is 41.3 Å². The van der Waals surface area contributed by atoms with Gasteiger partial charge < -0.3 is 14.4 Å². The van der Waals surface area contributed by atoms with Crippen LogP contribution in [-0.2, 0) is 20.2 Å². The molecule has 22 heavy (non-hydrogen) atoms. The van der Waals surface area contributed by atoms with Gasteiger partial charge in [-0.15, -0.1) is 0 Å². The van der Waals surface area contributed by atoms with E-state index >= 15 is 0 Å². The second-order valence-corrected chi connectivity index (χ2v) is 6.84. The molecule has 0 spiro atoms. The van der Waals surface area contributed by atoms with E-state index in [2.05, 4.69) is 5.32 Å². The number of hydrogen-bond donors (Lipinski definition) is 1. The molecule has 0 aliphatic rings. The van der Waals surface area contributed by atoms with Gasteiger partial charge in [-0.2, -0.15) is 0 Å². The summed E-state index contributed by atoms with van der Waals surface area (Å²) in [6, 6.07) is 8.36. The van der Waals surface area contributed by atoms with Crippen LogP contribution in [0.5, 0.6) is 0 Å². The van der Waals surface area contributed by atoms with Crippen molar-refractivity contribution in [1.29, 1.82) is 0 Å². The Morgan fingerprint density at radius 1 is 0.864 bits per heavy atom. The van der Waals surface area contributed by atoms with Crippen molar-refractivity contribution >= 4 is 36.7 Å². The summed E-state index contributed by atoms with van der Waals surface area (Å²) in [4.78, 5) is -0.340. The number of nitrogens with one attached hydrogen (secondary N) is 1. The molecule has 11 heteroatoms. The molecular formula is C11H9NNa2O6S2. The van der Waals surface area contributed by atoms with E-state index in [1.165, 1.54) is 30.3 Å². The monoisotopic (exact) mass is 361 g/mol. The van der Waals surface area contributed by atoms with E-state index in [0.717, 1.165) is 0 Å². The molecule has 0 aliphatic carbocycles. The summed E-state index contributed by atoms with van der Waals surface area (Å²) in [5.74, 6) is -0.745. The fourth-order valence-electron chi connectivity index (χ4n) is 1.66. The van der Waals surface area contributed by atoms with Crippen LogP contribution < -0.4 is 64.4 Å². The zero-order valence-electron chi connectivity index (χ0n) is 11.9. The normalized spacial score (nSPS) is 11.4. The Balaban J connectivity index is 0.00000220. The molecule has 108 valence electrons. The third kappa shape index (κ3) is 6.44. The van der Waals surface area contributed by atoms with Crippen LogP contribution in [0.2, 0.25) is 0 Å². The van der Waals surface area contributed by atoms with Crippen molar-refractivity contribution in [2.24, 2.45) is 0 Å². The average Bonchev–Trinajstić information content (AvgIpc) is 2.33. The van der Waals surface area contributed by atoms with E-state index in [1.807, 2.05) is 0 Å². The molecule has 2 aromatic carbocycles. The van der Waals surface area contributed by atoms with Gasteiger partial charge in [0.05, 0.1) is 4.90 Å². The number of benzene rings is 2. The van der Waals surface area contributed by atoms with Gasteiger partial charge in [-0.25, -0.2) is 16.8 Å². The Hall–Kier alpha value is 0.320. The largest absolute Gasteiger partial charge is 1.00 e. The first-order chi connectivity index (χ1) is 9.15. The van der Waals surface area contributed by atoms with E-state index < -0.39 is 26.1 Å². The summed E-state index contributed by atoms with van der Waals surface area (Å²) in [5, 5.41) is 3.56. The number of fused-ring (bicyclic) bond motifs is 1. The Kier molecular flexibility index (Phi) is 8.55. The van der Waals surface area contributed by atoms with Crippen molar-refractivity contribution in [2.75, 3.05) is 11.2 Å². The van der Waals surface area contributed by atoms with Crippen LogP contribution in [0.3, 0.4) is 0 Å². The minimum Gasteiger partial charge on any atom is -0.747 e. The molecule has 7 nitrogen and oxygen atoms in total. The van der Waals surface area contributed by atoms with E-state index in [0.29, 0.717) is 16.5 Å². The van der Waals surface area contributed by atoms with E-state index in [-0.39, 0.29) is 64.0 Å². The number of hydrogen-bond acceptors (Lipinski definition) is 7. The van der Waals surface area contributed by atoms with Gasteiger partial charge in [-0.3, -0.25) is 0 Å². The van der Waals surface area contributed by atoms with Crippen LogP contribution in [0.4, 0.5) is 5.69 Å². The molecule has 1 N–H and O–H groups in total. The molecule has 0 bridgehead atoms. The minimum absolute atomic E-state index is 0. The molecule has 0 amide bonds. The zero-order valence-corrected chi connectivity index (χ0v) is 17.6. The maximum atomic E-state index is 10.9. The van der Waals surface area contributed by atoms with Gasteiger partial charge in [-0.1, -0.05) is 12.1 Å². The van der Waals surface area contributed by atoms with Crippen molar-refractivity contribution < 1.29 is 85.1 Å². The molecular weight excluding hydrogens is 352 g/mol. The topological polar surface area (TPSA) is 126 Å². The number of rotatable bonds is 4.